The van der Waals surface area contributed by atoms with Crippen molar-refractivity contribution in [1.82, 2.24) is 24.5 Å². The molecule has 0 N–H and O–H groups in total. The molecule has 0 radical (unpaired) electrons. The van der Waals surface area contributed by atoms with E-state index in [-0.39, 0.29) is 17.4 Å². The molecule has 144 valence electrons. The van der Waals surface area contributed by atoms with Gasteiger partial charge in [0.2, 0.25) is 0 Å². The minimum Gasteiger partial charge on any atom is -0.459 e. The summed E-state index contributed by atoms with van der Waals surface area (Å²) in [6.45, 7) is 2.46. The number of carbonyl (C=O) groups is 2. The summed E-state index contributed by atoms with van der Waals surface area (Å²) in [5.74, 6) is 0.262. The second-order valence-electron chi connectivity index (χ2n) is 7.76. The number of likely N-dealkylation sites (tertiary alicyclic amines) is 1. The van der Waals surface area contributed by atoms with E-state index in [2.05, 4.69) is 0 Å². The first-order valence-electron chi connectivity index (χ1n) is 9.22. The summed E-state index contributed by atoms with van der Waals surface area (Å²) in [4.78, 5) is 30.5. The molecule has 2 aromatic heterocycles. The van der Waals surface area contributed by atoms with Crippen LogP contribution in [-0.2, 0) is 19.0 Å². The molecule has 1 saturated heterocycles. The first-order chi connectivity index (χ1) is 12.9. The number of aryl methyl sites for hydroxylation is 1. The number of carbonyl (C=O) groups excluding carboxylic acids is 2. The van der Waals surface area contributed by atoms with Crippen molar-refractivity contribution in [2.45, 2.75) is 24.8 Å². The van der Waals surface area contributed by atoms with E-state index in [9.17, 15) is 9.59 Å². The van der Waals surface area contributed by atoms with Crippen molar-refractivity contribution >= 4 is 11.9 Å². The van der Waals surface area contributed by atoms with Crippen LogP contribution in [0.4, 0.5) is 4.79 Å². The first-order valence-corrected chi connectivity index (χ1v) is 9.22. The van der Waals surface area contributed by atoms with Gasteiger partial charge in [-0.2, -0.15) is 5.10 Å². The van der Waals surface area contributed by atoms with Gasteiger partial charge in [-0.25, -0.2) is 4.79 Å². The van der Waals surface area contributed by atoms with Gasteiger partial charge in [-0.15, -0.1) is 0 Å². The second-order valence-corrected chi connectivity index (χ2v) is 7.76. The van der Waals surface area contributed by atoms with Crippen molar-refractivity contribution in [3.05, 3.63) is 41.6 Å². The van der Waals surface area contributed by atoms with Crippen molar-refractivity contribution < 1.29 is 14.0 Å². The predicted molar refractivity (Wildman–Crippen MR) is 98.2 cm³/mol. The van der Waals surface area contributed by atoms with Gasteiger partial charge in [-0.05, 0) is 25.0 Å². The molecule has 8 heteroatoms. The van der Waals surface area contributed by atoms with E-state index >= 15 is 0 Å². The van der Waals surface area contributed by atoms with Crippen LogP contribution in [0.3, 0.4) is 0 Å². The van der Waals surface area contributed by atoms with E-state index in [4.69, 9.17) is 9.52 Å². The standard InChI is InChI=1S/C19H25N5O3/c1-21(2)18(26)23-8-6-19(7-9-23)13-24(17(25)15-5-4-10-27-15)12-14-11-22(3)20-16(14)19/h4-5,10-11H,6-9,12-13H2,1-3H3. The van der Waals surface area contributed by atoms with Crippen LogP contribution in [0.15, 0.2) is 29.0 Å². The van der Waals surface area contributed by atoms with E-state index in [1.54, 1.807) is 31.1 Å². The zero-order valence-electron chi connectivity index (χ0n) is 16.0. The number of furan rings is 1. The molecule has 0 atom stereocenters. The quantitative estimate of drug-likeness (QED) is 0.764. The molecule has 2 aromatic rings. The average Bonchev–Trinajstić information content (AvgIpc) is 3.30. The Hall–Kier alpha value is -2.77. The largest absolute Gasteiger partial charge is 0.459 e. The Bertz CT molecular complexity index is 847. The lowest BCUT2D eigenvalue weighted by atomic mass is 9.72. The maximum absolute atomic E-state index is 12.9. The molecular formula is C19H25N5O3. The Morgan fingerprint density at radius 3 is 2.59 bits per heavy atom. The van der Waals surface area contributed by atoms with Crippen molar-refractivity contribution in [3.63, 3.8) is 0 Å². The lowest BCUT2D eigenvalue weighted by molar-refractivity contribution is 0.0555. The molecule has 1 spiro atoms. The summed E-state index contributed by atoms with van der Waals surface area (Å²) in [7, 11) is 5.46. The zero-order chi connectivity index (χ0) is 19.2. The van der Waals surface area contributed by atoms with Gasteiger partial charge >= 0.3 is 6.03 Å². The van der Waals surface area contributed by atoms with E-state index in [1.165, 1.54) is 6.26 Å². The molecular weight excluding hydrogens is 346 g/mol. The van der Waals surface area contributed by atoms with Crippen molar-refractivity contribution in [2.75, 3.05) is 33.7 Å². The number of urea groups is 1. The molecule has 2 aliphatic rings. The van der Waals surface area contributed by atoms with Gasteiger partial charge < -0.3 is 19.1 Å². The monoisotopic (exact) mass is 371 g/mol. The number of nitrogens with zero attached hydrogens (tertiary/aromatic N) is 5. The second kappa shape index (κ2) is 6.44. The molecule has 0 bridgehead atoms. The van der Waals surface area contributed by atoms with Crippen LogP contribution in [0, 0.1) is 0 Å². The number of piperidine rings is 1. The highest BCUT2D eigenvalue weighted by Gasteiger charge is 2.46. The third kappa shape index (κ3) is 2.98. The molecule has 0 aromatic carbocycles. The van der Waals surface area contributed by atoms with Gasteiger partial charge in [0.25, 0.3) is 5.91 Å². The van der Waals surface area contributed by atoms with Crippen LogP contribution in [-0.4, -0.2) is 70.1 Å². The topological polar surface area (TPSA) is 74.8 Å². The van der Waals surface area contributed by atoms with Gasteiger partial charge in [-0.1, -0.05) is 0 Å². The molecule has 0 aliphatic carbocycles. The smallest absolute Gasteiger partial charge is 0.319 e. The number of hydrogen-bond acceptors (Lipinski definition) is 4. The van der Waals surface area contributed by atoms with Crippen LogP contribution in [0.1, 0.15) is 34.7 Å². The summed E-state index contributed by atoms with van der Waals surface area (Å²) in [5, 5.41) is 4.73. The average molecular weight is 371 g/mol. The number of rotatable bonds is 1. The van der Waals surface area contributed by atoms with E-state index in [0.717, 1.165) is 24.1 Å². The number of hydrogen-bond donors (Lipinski definition) is 0. The van der Waals surface area contributed by atoms with Crippen LogP contribution in [0.25, 0.3) is 0 Å². The van der Waals surface area contributed by atoms with Crippen molar-refractivity contribution in [2.24, 2.45) is 7.05 Å². The van der Waals surface area contributed by atoms with Crippen molar-refractivity contribution in [1.29, 1.82) is 0 Å². The molecule has 27 heavy (non-hydrogen) atoms. The Balaban J connectivity index is 1.61. The number of fused-ring (bicyclic) bond motifs is 2. The Labute approximate surface area is 158 Å². The highest BCUT2D eigenvalue weighted by atomic mass is 16.3. The highest BCUT2D eigenvalue weighted by Crippen LogP contribution is 2.41. The van der Waals surface area contributed by atoms with E-state index in [0.29, 0.717) is 31.9 Å². The summed E-state index contributed by atoms with van der Waals surface area (Å²) < 4.78 is 7.15. The lowest BCUT2D eigenvalue weighted by Gasteiger charge is -2.46. The normalized spacial score (nSPS) is 18.5. The molecule has 4 heterocycles. The fourth-order valence-corrected chi connectivity index (χ4v) is 4.31. The van der Waals surface area contributed by atoms with Crippen LogP contribution >= 0.6 is 0 Å². The zero-order valence-corrected chi connectivity index (χ0v) is 16.0. The molecule has 3 amide bonds. The molecule has 1 fully saturated rings. The van der Waals surface area contributed by atoms with Crippen LogP contribution in [0.2, 0.25) is 0 Å². The highest BCUT2D eigenvalue weighted by molar-refractivity contribution is 5.91. The Morgan fingerprint density at radius 2 is 1.96 bits per heavy atom. The molecule has 0 unspecified atom stereocenters. The van der Waals surface area contributed by atoms with Gasteiger partial charge in [0, 0.05) is 64.5 Å². The van der Waals surface area contributed by atoms with Gasteiger partial charge in [0.1, 0.15) is 0 Å². The van der Waals surface area contributed by atoms with Gasteiger partial charge in [0.05, 0.1) is 12.0 Å². The lowest BCUT2D eigenvalue weighted by Crippen LogP contribution is -2.55. The molecule has 4 rings (SSSR count). The first kappa shape index (κ1) is 17.6. The third-order valence-corrected chi connectivity index (χ3v) is 5.65. The summed E-state index contributed by atoms with van der Waals surface area (Å²) >= 11 is 0. The summed E-state index contributed by atoms with van der Waals surface area (Å²) in [5.41, 5.74) is 1.93. The van der Waals surface area contributed by atoms with Gasteiger partial charge in [-0.3, -0.25) is 9.48 Å². The number of aromatic nitrogens is 2. The summed E-state index contributed by atoms with van der Waals surface area (Å²) in [6.07, 6.45) is 5.10. The van der Waals surface area contributed by atoms with Crippen LogP contribution < -0.4 is 0 Å². The van der Waals surface area contributed by atoms with Gasteiger partial charge in [0.15, 0.2) is 5.76 Å². The Kier molecular flexibility index (Phi) is 4.20. The third-order valence-electron chi connectivity index (χ3n) is 5.65. The molecule has 0 saturated carbocycles. The maximum atomic E-state index is 12.9. The predicted octanol–water partition coefficient (Wildman–Crippen LogP) is 1.68. The van der Waals surface area contributed by atoms with Crippen molar-refractivity contribution in [3.8, 4) is 0 Å². The summed E-state index contributed by atoms with van der Waals surface area (Å²) in [6, 6.07) is 3.46. The molecule has 8 nitrogen and oxygen atoms in total. The maximum Gasteiger partial charge on any atom is 0.319 e. The minimum absolute atomic E-state index is 0.0328. The fourth-order valence-electron chi connectivity index (χ4n) is 4.31. The minimum atomic E-state index is -0.222. The van der Waals surface area contributed by atoms with Crippen LogP contribution in [0.5, 0.6) is 0 Å². The Morgan fingerprint density at radius 1 is 1.22 bits per heavy atom. The van der Waals surface area contributed by atoms with E-state index in [1.807, 2.05) is 27.7 Å². The fraction of sp³-hybridized carbons (Fsp3) is 0.526. The molecule has 2 aliphatic heterocycles. The van der Waals surface area contributed by atoms with E-state index < -0.39 is 0 Å². The SMILES string of the molecule is CN(C)C(=O)N1CCC2(CC1)CN(C(=O)c1ccco1)Cc1cn(C)nc12. The number of amides is 3.